The van der Waals surface area contributed by atoms with E-state index in [1.165, 1.54) is 60.5 Å². The topological polar surface area (TPSA) is 45.2 Å². The van der Waals surface area contributed by atoms with E-state index < -0.39 is 0 Å². The summed E-state index contributed by atoms with van der Waals surface area (Å²) < 4.78 is 0. The highest BCUT2D eigenvalue weighted by Gasteiger charge is 2.21. The second-order valence-electron chi connectivity index (χ2n) is 7.21. The zero-order valence-corrected chi connectivity index (χ0v) is 15.8. The number of nitrogens with zero attached hydrogens (tertiary/aromatic N) is 2. The monoisotopic (exact) mass is 349 g/mol. The van der Waals surface area contributed by atoms with Gasteiger partial charge in [-0.2, -0.15) is 0 Å². The van der Waals surface area contributed by atoms with Crippen LogP contribution >= 0.6 is 11.3 Å². The van der Waals surface area contributed by atoms with Crippen molar-refractivity contribution in [3.63, 3.8) is 0 Å². The van der Waals surface area contributed by atoms with Gasteiger partial charge >= 0.3 is 0 Å². The molecule has 24 heavy (non-hydrogen) atoms. The Kier molecular flexibility index (Phi) is 6.67. The highest BCUT2D eigenvalue weighted by atomic mass is 32.1. The number of hydrogen-bond donors (Lipinski definition) is 1. The van der Waals surface area contributed by atoms with Crippen LogP contribution in [0.15, 0.2) is 0 Å². The highest BCUT2D eigenvalue weighted by molar-refractivity contribution is 7.11. The lowest BCUT2D eigenvalue weighted by Gasteiger charge is -2.26. The highest BCUT2D eigenvalue weighted by Crippen LogP contribution is 2.27. The molecule has 1 aliphatic heterocycles. The van der Waals surface area contributed by atoms with Crippen LogP contribution in [0.4, 0.5) is 0 Å². The molecule has 0 aromatic carbocycles. The molecule has 1 saturated heterocycles. The van der Waals surface area contributed by atoms with Gasteiger partial charge in [-0.1, -0.05) is 12.8 Å². The minimum absolute atomic E-state index is 0.00952. The predicted octanol–water partition coefficient (Wildman–Crippen LogP) is 3.34. The SMILES string of the molecule is CC(C(=O)NCCCc1nc2c(s1)CCCC2)N1CCCCCC1. The van der Waals surface area contributed by atoms with E-state index in [1.807, 2.05) is 11.3 Å². The Labute approximate surface area is 150 Å². The van der Waals surface area contributed by atoms with Crippen molar-refractivity contribution in [3.8, 4) is 0 Å². The minimum Gasteiger partial charge on any atom is -0.355 e. The summed E-state index contributed by atoms with van der Waals surface area (Å²) in [6, 6.07) is 0.00952. The van der Waals surface area contributed by atoms with Crippen molar-refractivity contribution in [1.82, 2.24) is 15.2 Å². The number of likely N-dealkylation sites (tertiary alicyclic amines) is 1. The van der Waals surface area contributed by atoms with E-state index in [9.17, 15) is 4.79 Å². The first-order valence-electron chi connectivity index (χ1n) is 9.73. The second kappa shape index (κ2) is 8.95. The van der Waals surface area contributed by atoms with Gasteiger partial charge in [0.05, 0.1) is 16.7 Å². The molecule has 5 heteroatoms. The normalized spacial score (nSPS) is 20.2. The van der Waals surface area contributed by atoms with Gasteiger partial charge in [0.25, 0.3) is 0 Å². The fraction of sp³-hybridized carbons (Fsp3) is 0.789. The maximum Gasteiger partial charge on any atom is 0.237 e. The average molecular weight is 350 g/mol. The summed E-state index contributed by atoms with van der Waals surface area (Å²) in [5, 5.41) is 4.39. The fourth-order valence-electron chi connectivity index (χ4n) is 3.76. The summed E-state index contributed by atoms with van der Waals surface area (Å²) in [6.45, 7) is 4.95. The molecule has 2 heterocycles. The van der Waals surface area contributed by atoms with Crippen molar-refractivity contribution in [1.29, 1.82) is 0 Å². The van der Waals surface area contributed by atoms with Crippen molar-refractivity contribution in [2.45, 2.75) is 77.2 Å². The van der Waals surface area contributed by atoms with Gasteiger partial charge in [-0.25, -0.2) is 4.98 Å². The number of rotatable bonds is 6. The summed E-state index contributed by atoms with van der Waals surface area (Å²) in [5.74, 6) is 0.190. The molecule has 1 aliphatic carbocycles. The molecule has 4 nitrogen and oxygen atoms in total. The number of thiazole rings is 1. The Morgan fingerprint density at radius 3 is 2.67 bits per heavy atom. The van der Waals surface area contributed by atoms with Gasteiger partial charge in [-0.3, -0.25) is 9.69 Å². The van der Waals surface area contributed by atoms with Crippen LogP contribution in [0.25, 0.3) is 0 Å². The summed E-state index contributed by atoms with van der Waals surface area (Å²) in [7, 11) is 0. The van der Waals surface area contributed by atoms with Crippen LogP contribution in [0.3, 0.4) is 0 Å². The lowest BCUT2D eigenvalue weighted by atomic mass is 10.0. The molecule has 1 unspecified atom stereocenters. The lowest BCUT2D eigenvalue weighted by Crippen LogP contribution is -2.45. The largest absolute Gasteiger partial charge is 0.355 e. The molecule has 1 N–H and O–H groups in total. The number of carbonyl (C=O) groups excluding carboxylic acids is 1. The molecule has 1 amide bonds. The molecule has 134 valence electrons. The number of amides is 1. The molecule has 0 radical (unpaired) electrons. The molecule has 2 aliphatic rings. The van der Waals surface area contributed by atoms with E-state index in [4.69, 9.17) is 4.98 Å². The predicted molar refractivity (Wildman–Crippen MR) is 99.6 cm³/mol. The minimum atomic E-state index is 0.00952. The standard InChI is InChI=1S/C19H31N3OS/c1-15(22-13-6-2-3-7-14-22)19(23)20-12-8-11-18-21-16-9-4-5-10-17(16)24-18/h15H,2-14H2,1H3,(H,20,23). The smallest absolute Gasteiger partial charge is 0.237 e. The molecule has 0 spiro atoms. The first kappa shape index (κ1) is 17.9. The third-order valence-corrected chi connectivity index (χ3v) is 6.54. The Balaban J connectivity index is 1.37. The fourth-order valence-corrected chi connectivity index (χ4v) is 4.96. The van der Waals surface area contributed by atoms with E-state index in [-0.39, 0.29) is 11.9 Å². The Bertz CT molecular complexity index is 511. The Hall–Kier alpha value is -0.940. The first-order chi connectivity index (χ1) is 11.7. The number of fused-ring (bicyclic) bond motifs is 1. The summed E-state index contributed by atoms with van der Waals surface area (Å²) in [5.41, 5.74) is 1.35. The number of aryl methyl sites for hydroxylation is 3. The quantitative estimate of drug-likeness (QED) is 0.801. The Morgan fingerprint density at radius 1 is 1.17 bits per heavy atom. The molecule has 3 rings (SSSR count). The van der Waals surface area contributed by atoms with Crippen LogP contribution in [-0.2, 0) is 24.1 Å². The van der Waals surface area contributed by atoms with Gasteiger partial charge in [-0.05, 0) is 65.0 Å². The van der Waals surface area contributed by atoms with Crippen LogP contribution in [-0.4, -0.2) is 41.5 Å². The van der Waals surface area contributed by atoms with Gasteiger partial charge in [-0.15, -0.1) is 11.3 Å². The molecular weight excluding hydrogens is 318 g/mol. The van der Waals surface area contributed by atoms with E-state index >= 15 is 0 Å². The van der Waals surface area contributed by atoms with Crippen molar-refractivity contribution in [3.05, 3.63) is 15.6 Å². The molecule has 1 aromatic rings. The number of aromatic nitrogens is 1. The molecular formula is C19H31N3OS. The van der Waals surface area contributed by atoms with E-state index in [1.54, 1.807) is 0 Å². The van der Waals surface area contributed by atoms with Crippen LogP contribution in [0.5, 0.6) is 0 Å². The van der Waals surface area contributed by atoms with Crippen LogP contribution in [0.2, 0.25) is 0 Å². The van der Waals surface area contributed by atoms with Gasteiger partial charge in [0.2, 0.25) is 5.91 Å². The van der Waals surface area contributed by atoms with Crippen LogP contribution in [0, 0.1) is 0 Å². The summed E-state index contributed by atoms with van der Waals surface area (Å²) in [6.07, 6.45) is 12.1. The first-order valence-corrected chi connectivity index (χ1v) is 10.5. The van der Waals surface area contributed by atoms with Crippen LogP contribution < -0.4 is 5.32 Å². The second-order valence-corrected chi connectivity index (χ2v) is 8.37. The zero-order valence-electron chi connectivity index (χ0n) is 15.0. The van der Waals surface area contributed by atoms with Gasteiger partial charge in [0, 0.05) is 17.8 Å². The van der Waals surface area contributed by atoms with Crippen molar-refractivity contribution >= 4 is 17.2 Å². The van der Waals surface area contributed by atoms with E-state index in [0.29, 0.717) is 0 Å². The van der Waals surface area contributed by atoms with Gasteiger partial charge in [0.15, 0.2) is 0 Å². The molecule has 0 bridgehead atoms. The molecule has 1 aromatic heterocycles. The summed E-state index contributed by atoms with van der Waals surface area (Å²) >= 11 is 1.89. The number of carbonyl (C=O) groups is 1. The third-order valence-electron chi connectivity index (χ3n) is 5.32. The third kappa shape index (κ3) is 4.79. The zero-order chi connectivity index (χ0) is 16.8. The molecule has 1 fully saturated rings. The van der Waals surface area contributed by atoms with Crippen molar-refractivity contribution < 1.29 is 4.79 Å². The number of nitrogens with one attached hydrogen (secondary N) is 1. The average Bonchev–Trinajstić information content (AvgIpc) is 2.82. The maximum absolute atomic E-state index is 12.4. The molecule has 0 saturated carbocycles. The maximum atomic E-state index is 12.4. The van der Waals surface area contributed by atoms with Crippen LogP contribution in [0.1, 0.15) is 67.4 Å². The van der Waals surface area contributed by atoms with E-state index in [0.717, 1.165) is 38.9 Å². The van der Waals surface area contributed by atoms with Gasteiger partial charge < -0.3 is 5.32 Å². The van der Waals surface area contributed by atoms with Crippen molar-refractivity contribution in [2.24, 2.45) is 0 Å². The Morgan fingerprint density at radius 2 is 1.92 bits per heavy atom. The lowest BCUT2D eigenvalue weighted by molar-refractivity contribution is -0.125. The molecule has 1 atom stereocenters. The van der Waals surface area contributed by atoms with E-state index in [2.05, 4.69) is 17.1 Å². The summed E-state index contributed by atoms with van der Waals surface area (Å²) in [4.78, 5) is 21.0. The number of hydrogen-bond acceptors (Lipinski definition) is 4. The van der Waals surface area contributed by atoms with Gasteiger partial charge in [0.1, 0.15) is 0 Å². The van der Waals surface area contributed by atoms with Crippen molar-refractivity contribution in [2.75, 3.05) is 19.6 Å².